The highest BCUT2D eigenvalue weighted by Crippen LogP contribution is 2.25. The van der Waals surface area contributed by atoms with E-state index in [4.69, 9.17) is 5.26 Å². The van der Waals surface area contributed by atoms with E-state index in [-0.39, 0.29) is 12.6 Å². The number of nitrogens with one attached hydrogen (secondary N) is 1. The molecule has 0 spiro atoms. The largest absolute Gasteiger partial charge is 0.394 e. The van der Waals surface area contributed by atoms with Crippen molar-refractivity contribution in [3.05, 3.63) is 22.9 Å². The summed E-state index contributed by atoms with van der Waals surface area (Å²) < 4.78 is 0. The Hall–Kier alpha value is -1.60. The van der Waals surface area contributed by atoms with Crippen LogP contribution < -0.4 is 5.32 Å². The van der Waals surface area contributed by atoms with Gasteiger partial charge in [0.05, 0.1) is 18.2 Å². The number of aryl methyl sites for hydroxylation is 2. The van der Waals surface area contributed by atoms with Crippen LogP contribution in [0.3, 0.4) is 0 Å². The van der Waals surface area contributed by atoms with Crippen LogP contribution in [0.15, 0.2) is 6.07 Å². The van der Waals surface area contributed by atoms with Crippen LogP contribution in [0.4, 0.5) is 5.82 Å². The third-order valence-electron chi connectivity index (χ3n) is 3.23. The van der Waals surface area contributed by atoms with E-state index < -0.39 is 0 Å². The number of aliphatic hydroxyl groups is 1. The average molecular weight is 231 g/mol. The number of aliphatic hydroxyl groups excluding tert-OH is 1. The normalized spacial score (nSPS) is 15.1. The van der Waals surface area contributed by atoms with Gasteiger partial charge in [-0.3, -0.25) is 0 Å². The topological polar surface area (TPSA) is 68.9 Å². The molecule has 1 aromatic rings. The van der Waals surface area contributed by atoms with Gasteiger partial charge in [0.1, 0.15) is 11.9 Å². The zero-order valence-electron chi connectivity index (χ0n) is 10.0. The van der Waals surface area contributed by atoms with Gasteiger partial charge in [-0.25, -0.2) is 4.98 Å². The average Bonchev–Trinajstić information content (AvgIpc) is 2.81. The number of pyridine rings is 1. The maximum absolute atomic E-state index is 9.17. The molecule has 1 heterocycles. The Labute approximate surface area is 101 Å². The fourth-order valence-corrected chi connectivity index (χ4v) is 2.14. The van der Waals surface area contributed by atoms with E-state index in [1.807, 2.05) is 13.0 Å². The lowest BCUT2D eigenvalue weighted by Gasteiger charge is -2.16. The summed E-state index contributed by atoms with van der Waals surface area (Å²) in [5, 5.41) is 21.4. The number of rotatable bonds is 4. The van der Waals surface area contributed by atoms with Gasteiger partial charge in [-0.15, -0.1) is 0 Å². The summed E-state index contributed by atoms with van der Waals surface area (Å²) >= 11 is 0. The molecular weight excluding hydrogens is 214 g/mol. The van der Waals surface area contributed by atoms with Crippen LogP contribution in [0.25, 0.3) is 0 Å². The van der Waals surface area contributed by atoms with Crippen molar-refractivity contribution in [2.24, 2.45) is 0 Å². The van der Waals surface area contributed by atoms with Crippen molar-refractivity contribution in [2.45, 2.75) is 38.6 Å². The Morgan fingerprint density at radius 3 is 3.06 bits per heavy atom. The second kappa shape index (κ2) is 5.15. The molecule has 0 aromatic carbocycles. The summed E-state index contributed by atoms with van der Waals surface area (Å²) in [4.78, 5) is 4.52. The second-order valence-electron chi connectivity index (χ2n) is 4.39. The molecule has 2 N–H and O–H groups in total. The van der Waals surface area contributed by atoms with Crippen LogP contribution in [-0.2, 0) is 12.8 Å². The van der Waals surface area contributed by atoms with Gasteiger partial charge in [0.2, 0.25) is 0 Å². The van der Waals surface area contributed by atoms with Crippen LogP contribution in [0.2, 0.25) is 0 Å². The highest BCUT2D eigenvalue weighted by Gasteiger charge is 2.17. The van der Waals surface area contributed by atoms with Crippen molar-refractivity contribution >= 4 is 5.82 Å². The fourth-order valence-electron chi connectivity index (χ4n) is 2.14. The van der Waals surface area contributed by atoms with Crippen molar-refractivity contribution in [3.63, 3.8) is 0 Å². The lowest BCUT2D eigenvalue weighted by Crippen LogP contribution is -2.24. The molecule has 4 nitrogen and oxygen atoms in total. The highest BCUT2D eigenvalue weighted by atomic mass is 16.3. The first-order valence-electron chi connectivity index (χ1n) is 6.08. The van der Waals surface area contributed by atoms with Crippen LogP contribution in [0, 0.1) is 11.3 Å². The molecule has 17 heavy (non-hydrogen) atoms. The highest BCUT2D eigenvalue weighted by molar-refractivity contribution is 5.55. The van der Waals surface area contributed by atoms with E-state index in [0.717, 1.165) is 31.4 Å². The van der Waals surface area contributed by atoms with Crippen molar-refractivity contribution in [2.75, 3.05) is 11.9 Å². The Bertz CT molecular complexity index is 447. The van der Waals surface area contributed by atoms with Gasteiger partial charge in [-0.2, -0.15) is 5.26 Å². The minimum Gasteiger partial charge on any atom is -0.394 e. The third kappa shape index (κ3) is 2.40. The van der Waals surface area contributed by atoms with Gasteiger partial charge in [0.25, 0.3) is 0 Å². The molecule has 1 atom stereocenters. The van der Waals surface area contributed by atoms with E-state index in [0.29, 0.717) is 11.4 Å². The molecule has 0 fully saturated rings. The number of fused-ring (bicyclic) bond motifs is 1. The number of aromatic nitrogens is 1. The zero-order valence-corrected chi connectivity index (χ0v) is 10.0. The van der Waals surface area contributed by atoms with Crippen molar-refractivity contribution in [3.8, 4) is 6.07 Å². The van der Waals surface area contributed by atoms with E-state index in [9.17, 15) is 5.11 Å². The van der Waals surface area contributed by atoms with Gasteiger partial charge in [0.15, 0.2) is 0 Å². The number of nitriles is 1. The van der Waals surface area contributed by atoms with Gasteiger partial charge >= 0.3 is 0 Å². The molecule has 1 aliphatic carbocycles. The van der Waals surface area contributed by atoms with E-state index in [1.54, 1.807) is 0 Å². The first kappa shape index (κ1) is 11.9. The molecule has 1 unspecified atom stereocenters. The lowest BCUT2D eigenvalue weighted by molar-refractivity contribution is 0.271. The van der Waals surface area contributed by atoms with Crippen molar-refractivity contribution in [1.29, 1.82) is 5.26 Å². The third-order valence-corrected chi connectivity index (χ3v) is 3.23. The Morgan fingerprint density at radius 1 is 1.59 bits per heavy atom. The molecule has 90 valence electrons. The zero-order chi connectivity index (χ0) is 12.3. The number of hydrogen-bond donors (Lipinski definition) is 2. The minimum absolute atomic E-state index is 0.0333. The van der Waals surface area contributed by atoms with Crippen LogP contribution in [0.5, 0.6) is 0 Å². The van der Waals surface area contributed by atoms with E-state index in [1.165, 1.54) is 5.56 Å². The fraction of sp³-hybridized carbons (Fsp3) is 0.538. The minimum atomic E-state index is -0.0333. The molecule has 0 saturated heterocycles. The lowest BCUT2D eigenvalue weighted by atomic mass is 10.1. The molecule has 0 aliphatic heterocycles. The molecule has 0 bridgehead atoms. The van der Waals surface area contributed by atoms with Crippen molar-refractivity contribution in [1.82, 2.24) is 4.98 Å². The van der Waals surface area contributed by atoms with Crippen molar-refractivity contribution < 1.29 is 5.11 Å². The molecule has 0 saturated carbocycles. The first-order valence-corrected chi connectivity index (χ1v) is 6.08. The summed E-state index contributed by atoms with van der Waals surface area (Å²) in [5.41, 5.74) is 2.88. The standard InChI is InChI=1S/C13H17N3O/c1-2-11(8-17)15-13-10(7-14)6-9-4-3-5-12(9)16-13/h6,11,17H,2-5,8H2,1H3,(H,15,16). The second-order valence-corrected chi connectivity index (χ2v) is 4.39. The molecule has 4 heteroatoms. The summed E-state index contributed by atoms with van der Waals surface area (Å²) in [5.74, 6) is 0.619. The SMILES string of the molecule is CCC(CO)Nc1nc2c(cc1C#N)CCC2. The predicted octanol–water partition coefficient (Wildman–Crippen LogP) is 1.62. The van der Waals surface area contributed by atoms with Gasteiger partial charge in [-0.1, -0.05) is 6.92 Å². The molecule has 1 aromatic heterocycles. The summed E-state index contributed by atoms with van der Waals surface area (Å²) in [6.07, 6.45) is 3.94. The van der Waals surface area contributed by atoms with Crippen LogP contribution in [0.1, 0.15) is 36.6 Å². The number of nitrogens with zero attached hydrogens (tertiary/aromatic N) is 2. The molecule has 0 amide bonds. The Morgan fingerprint density at radius 2 is 2.41 bits per heavy atom. The summed E-state index contributed by atoms with van der Waals surface area (Å²) in [6, 6.07) is 4.07. The van der Waals surface area contributed by atoms with Crippen LogP contribution >= 0.6 is 0 Å². The Balaban J connectivity index is 2.30. The first-order chi connectivity index (χ1) is 8.28. The Kier molecular flexibility index (Phi) is 3.60. The number of hydrogen-bond acceptors (Lipinski definition) is 4. The maximum Gasteiger partial charge on any atom is 0.144 e. The van der Waals surface area contributed by atoms with Gasteiger partial charge in [-0.05, 0) is 37.3 Å². The predicted molar refractivity (Wildman–Crippen MR) is 65.8 cm³/mol. The molecular formula is C13H17N3O. The smallest absolute Gasteiger partial charge is 0.144 e. The van der Waals surface area contributed by atoms with E-state index in [2.05, 4.69) is 16.4 Å². The molecule has 0 radical (unpaired) electrons. The number of anilines is 1. The molecule has 2 rings (SSSR count). The monoisotopic (exact) mass is 231 g/mol. The van der Waals surface area contributed by atoms with Gasteiger partial charge < -0.3 is 10.4 Å². The molecule has 1 aliphatic rings. The van der Waals surface area contributed by atoms with Gasteiger partial charge in [0, 0.05) is 5.69 Å². The summed E-state index contributed by atoms with van der Waals surface area (Å²) in [6.45, 7) is 2.05. The summed E-state index contributed by atoms with van der Waals surface area (Å²) in [7, 11) is 0. The van der Waals surface area contributed by atoms with E-state index >= 15 is 0 Å². The van der Waals surface area contributed by atoms with Crippen LogP contribution in [-0.4, -0.2) is 22.7 Å². The maximum atomic E-state index is 9.17. The quantitative estimate of drug-likeness (QED) is 0.826.